The highest BCUT2D eigenvalue weighted by atomic mass is 35.5. The van der Waals surface area contributed by atoms with Gasteiger partial charge in [-0.05, 0) is 32.4 Å². The summed E-state index contributed by atoms with van der Waals surface area (Å²) >= 11 is 11.8. The lowest BCUT2D eigenvalue weighted by molar-refractivity contribution is -0.147. The molecule has 8 nitrogen and oxygen atoms in total. The minimum atomic E-state index is -0.947. The number of amides is 4. The fourth-order valence-electron chi connectivity index (χ4n) is 2.41. The lowest BCUT2D eigenvalue weighted by Crippen LogP contribution is -2.40. The SMILES string of the molecule is CC1(C)NC(=O)N(CCCC(=O)OCC(=O)Nc2cccc(Cl)c2Cl)C1=O. The molecule has 0 atom stereocenters. The first-order valence-corrected chi connectivity index (χ1v) is 8.91. The van der Waals surface area contributed by atoms with E-state index in [0.29, 0.717) is 5.69 Å². The van der Waals surface area contributed by atoms with Crippen molar-refractivity contribution in [2.24, 2.45) is 0 Å². The highest BCUT2D eigenvalue weighted by molar-refractivity contribution is 6.44. The maximum absolute atomic E-state index is 12.0. The Morgan fingerprint density at radius 3 is 2.59 bits per heavy atom. The third kappa shape index (κ3) is 5.33. The van der Waals surface area contributed by atoms with Crippen LogP contribution in [0.3, 0.4) is 0 Å². The zero-order chi connectivity index (χ0) is 20.2. The summed E-state index contributed by atoms with van der Waals surface area (Å²) < 4.78 is 4.87. The number of anilines is 1. The molecule has 2 N–H and O–H groups in total. The number of nitrogens with one attached hydrogen (secondary N) is 2. The number of nitrogens with zero attached hydrogens (tertiary/aromatic N) is 1. The molecule has 0 aromatic heterocycles. The zero-order valence-electron chi connectivity index (χ0n) is 14.8. The summed E-state index contributed by atoms with van der Waals surface area (Å²) in [4.78, 5) is 48.3. The molecule has 2 rings (SSSR count). The van der Waals surface area contributed by atoms with E-state index < -0.39 is 30.1 Å². The van der Waals surface area contributed by atoms with E-state index >= 15 is 0 Å². The van der Waals surface area contributed by atoms with Crippen LogP contribution < -0.4 is 10.6 Å². The van der Waals surface area contributed by atoms with Crippen LogP contribution in [0.1, 0.15) is 26.7 Å². The fourth-order valence-corrected chi connectivity index (χ4v) is 2.76. The van der Waals surface area contributed by atoms with Crippen molar-refractivity contribution in [3.63, 3.8) is 0 Å². The second-order valence-electron chi connectivity index (χ2n) is 6.43. The number of hydrogen-bond acceptors (Lipinski definition) is 5. The number of esters is 1. The molecule has 1 saturated heterocycles. The summed E-state index contributed by atoms with van der Waals surface area (Å²) in [5, 5.41) is 5.52. The van der Waals surface area contributed by atoms with E-state index in [0.717, 1.165) is 4.90 Å². The molecule has 1 aromatic rings. The third-order valence-electron chi connectivity index (χ3n) is 3.80. The lowest BCUT2D eigenvalue weighted by atomic mass is 10.1. The normalized spacial score (nSPS) is 15.5. The fraction of sp³-hybridized carbons (Fsp3) is 0.412. The Labute approximate surface area is 166 Å². The van der Waals surface area contributed by atoms with Gasteiger partial charge < -0.3 is 15.4 Å². The summed E-state index contributed by atoms with van der Waals surface area (Å²) in [6, 6.07) is 4.27. The van der Waals surface area contributed by atoms with E-state index in [-0.39, 0.29) is 35.3 Å². The van der Waals surface area contributed by atoms with Crippen LogP contribution >= 0.6 is 23.2 Å². The summed E-state index contributed by atoms with van der Waals surface area (Å²) in [6.45, 7) is 2.81. The molecule has 0 spiro atoms. The van der Waals surface area contributed by atoms with Gasteiger partial charge in [0.15, 0.2) is 6.61 Å². The predicted octanol–water partition coefficient (Wildman–Crippen LogP) is 2.59. The van der Waals surface area contributed by atoms with Crippen molar-refractivity contribution >= 4 is 52.7 Å². The Bertz CT molecular complexity index is 782. The first kappa shape index (κ1) is 21.0. The number of hydrogen-bond donors (Lipinski definition) is 2. The first-order valence-electron chi connectivity index (χ1n) is 8.15. The predicted molar refractivity (Wildman–Crippen MR) is 99.6 cm³/mol. The van der Waals surface area contributed by atoms with Crippen molar-refractivity contribution in [3.05, 3.63) is 28.2 Å². The molecule has 27 heavy (non-hydrogen) atoms. The summed E-state index contributed by atoms with van der Waals surface area (Å²) in [5.74, 6) is -1.53. The Kier molecular flexibility index (Phi) is 6.67. The quantitative estimate of drug-likeness (QED) is 0.525. The molecule has 1 aromatic carbocycles. The van der Waals surface area contributed by atoms with Crippen LogP contribution in [0.4, 0.5) is 10.5 Å². The number of urea groups is 1. The highest BCUT2D eigenvalue weighted by Crippen LogP contribution is 2.29. The molecule has 1 fully saturated rings. The summed E-state index contributed by atoms with van der Waals surface area (Å²) in [6.07, 6.45) is 0.193. The van der Waals surface area contributed by atoms with E-state index in [2.05, 4.69) is 10.6 Å². The molecule has 4 amide bonds. The van der Waals surface area contributed by atoms with E-state index in [4.69, 9.17) is 27.9 Å². The molecule has 1 aliphatic rings. The van der Waals surface area contributed by atoms with Gasteiger partial charge in [-0.1, -0.05) is 29.3 Å². The molecule has 0 aliphatic carbocycles. The molecule has 0 unspecified atom stereocenters. The van der Waals surface area contributed by atoms with Crippen molar-refractivity contribution in [3.8, 4) is 0 Å². The average molecular weight is 416 g/mol. The number of carbonyl (C=O) groups is 4. The van der Waals surface area contributed by atoms with E-state index in [9.17, 15) is 19.2 Å². The number of rotatable bonds is 7. The monoisotopic (exact) mass is 415 g/mol. The molecule has 0 radical (unpaired) electrons. The van der Waals surface area contributed by atoms with Gasteiger partial charge in [-0.15, -0.1) is 0 Å². The van der Waals surface area contributed by atoms with Crippen LogP contribution in [0.5, 0.6) is 0 Å². The Hall–Kier alpha value is -2.32. The molecule has 1 heterocycles. The van der Waals surface area contributed by atoms with Crippen molar-refractivity contribution < 1.29 is 23.9 Å². The van der Waals surface area contributed by atoms with Gasteiger partial charge in [-0.2, -0.15) is 0 Å². The molecule has 1 aliphatic heterocycles. The van der Waals surface area contributed by atoms with Crippen LogP contribution in [0.2, 0.25) is 10.0 Å². The van der Waals surface area contributed by atoms with Gasteiger partial charge in [-0.25, -0.2) is 4.79 Å². The van der Waals surface area contributed by atoms with Gasteiger partial charge in [0.1, 0.15) is 5.54 Å². The molecular weight excluding hydrogens is 397 g/mol. The number of halogens is 2. The summed E-state index contributed by atoms with van der Waals surface area (Å²) in [5.41, 5.74) is -0.636. The highest BCUT2D eigenvalue weighted by Gasteiger charge is 2.43. The van der Waals surface area contributed by atoms with Gasteiger partial charge in [0.05, 0.1) is 15.7 Å². The van der Waals surface area contributed by atoms with E-state index in [1.807, 2.05) is 0 Å². The Balaban J connectivity index is 1.72. The smallest absolute Gasteiger partial charge is 0.325 e. The van der Waals surface area contributed by atoms with Gasteiger partial charge in [0.25, 0.3) is 11.8 Å². The second kappa shape index (κ2) is 8.58. The third-order valence-corrected chi connectivity index (χ3v) is 4.62. The van der Waals surface area contributed by atoms with Crippen LogP contribution in [0.15, 0.2) is 18.2 Å². The van der Waals surface area contributed by atoms with Gasteiger partial charge in [0.2, 0.25) is 0 Å². The Morgan fingerprint density at radius 2 is 1.96 bits per heavy atom. The minimum Gasteiger partial charge on any atom is -0.456 e. The van der Waals surface area contributed by atoms with Crippen LogP contribution in [-0.4, -0.2) is 47.4 Å². The average Bonchev–Trinajstić information content (AvgIpc) is 2.78. The molecular formula is C17H19Cl2N3O5. The molecule has 146 valence electrons. The Morgan fingerprint density at radius 1 is 1.26 bits per heavy atom. The number of ether oxygens (including phenoxy) is 1. The maximum Gasteiger partial charge on any atom is 0.325 e. The van der Waals surface area contributed by atoms with Crippen LogP contribution in [0.25, 0.3) is 0 Å². The number of benzene rings is 1. The van der Waals surface area contributed by atoms with Crippen molar-refractivity contribution in [2.45, 2.75) is 32.2 Å². The van der Waals surface area contributed by atoms with Crippen LogP contribution in [0, 0.1) is 0 Å². The molecule has 0 saturated carbocycles. The standard InChI is InChI=1S/C17H19Cl2N3O5/c1-17(2)15(25)22(16(26)21-17)8-4-7-13(24)27-9-12(23)20-11-6-3-5-10(18)14(11)19/h3,5-6H,4,7-9H2,1-2H3,(H,20,23)(H,21,26). The zero-order valence-corrected chi connectivity index (χ0v) is 16.3. The first-order chi connectivity index (χ1) is 12.6. The molecule has 0 bridgehead atoms. The topological polar surface area (TPSA) is 105 Å². The van der Waals surface area contributed by atoms with Gasteiger partial charge in [-0.3, -0.25) is 19.3 Å². The number of carbonyl (C=O) groups excluding carboxylic acids is 4. The summed E-state index contributed by atoms with van der Waals surface area (Å²) in [7, 11) is 0. The van der Waals surface area contributed by atoms with Crippen molar-refractivity contribution in [2.75, 3.05) is 18.5 Å². The van der Waals surface area contributed by atoms with Crippen molar-refractivity contribution in [1.82, 2.24) is 10.2 Å². The largest absolute Gasteiger partial charge is 0.456 e. The van der Waals surface area contributed by atoms with Crippen molar-refractivity contribution in [1.29, 1.82) is 0 Å². The maximum atomic E-state index is 12.0. The number of imide groups is 1. The van der Waals surface area contributed by atoms with E-state index in [1.165, 1.54) is 0 Å². The van der Waals surface area contributed by atoms with E-state index in [1.54, 1.807) is 32.0 Å². The minimum absolute atomic E-state index is 0.0390. The molecule has 10 heteroatoms. The lowest BCUT2D eigenvalue weighted by Gasteiger charge is -2.15. The van der Waals surface area contributed by atoms with Crippen LogP contribution in [-0.2, 0) is 19.1 Å². The van der Waals surface area contributed by atoms with Gasteiger partial charge >= 0.3 is 12.0 Å². The second-order valence-corrected chi connectivity index (χ2v) is 7.21. The van der Waals surface area contributed by atoms with Gasteiger partial charge in [0, 0.05) is 13.0 Å².